The Hall–Kier alpha value is -2.13. The third-order valence-electron chi connectivity index (χ3n) is 3.06. The van der Waals surface area contributed by atoms with Gasteiger partial charge in [-0.15, -0.1) is 0 Å². The fraction of sp³-hybridized carbons (Fsp3) is 0.235. The maximum atomic E-state index is 11.1. The van der Waals surface area contributed by atoms with Crippen molar-refractivity contribution in [2.24, 2.45) is 0 Å². The monoisotopic (exact) mass is 272 g/mol. The summed E-state index contributed by atoms with van der Waals surface area (Å²) in [6.45, 7) is 0. The molecule has 3 nitrogen and oxygen atoms in total. The molecule has 0 spiro atoms. The summed E-state index contributed by atoms with van der Waals surface area (Å²) in [5.41, 5.74) is 2.49. The Balaban J connectivity index is 0.00000200. The van der Waals surface area contributed by atoms with Crippen LogP contribution in [-0.4, -0.2) is 20.5 Å². The van der Waals surface area contributed by atoms with Gasteiger partial charge in [-0.2, -0.15) is 0 Å². The molecule has 1 atom stereocenters. The van der Waals surface area contributed by atoms with Gasteiger partial charge in [0.1, 0.15) is 18.1 Å². The zero-order valence-electron chi connectivity index (χ0n) is 11.0. The van der Waals surface area contributed by atoms with Gasteiger partial charge < -0.3 is 9.47 Å². The summed E-state index contributed by atoms with van der Waals surface area (Å²) in [6.07, 6.45) is 0.595. The maximum Gasteiger partial charge on any atom is 0.150 e. The van der Waals surface area contributed by atoms with Gasteiger partial charge in [-0.3, -0.25) is 4.79 Å². The maximum absolute atomic E-state index is 11.1. The molecule has 2 rings (SSSR count). The molecule has 0 fully saturated rings. The lowest BCUT2D eigenvalue weighted by Gasteiger charge is -2.18. The Morgan fingerprint density at radius 2 is 1.65 bits per heavy atom. The Kier molecular flexibility index (Phi) is 5.94. The second-order valence-electron chi connectivity index (χ2n) is 4.14. The topological polar surface area (TPSA) is 35.5 Å². The van der Waals surface area contributed by atoms with Gasteiger partial charge in [0.15, 0.2) is 0 Å². The highest BCUT2D eigenvalue weighted by molar-refractivity contribution is 5.77. The smallest absolute Gasteiger partial charge is 0.150 e. The van der Waals surface area contributed by atoms with Crippen molar-refractivity contribution in [1.82, 2.24) is 0 Å². The van der Waals surface area contributed by atoms with E-state index in [-0.39, 0.29) is 13.5 Å². The molecule has 1 unspecified atom stereocenters. The van der Waals surface area contributed by atoms with E-state index in [0.29, 0.717) is 5.56 Å². The molecule has 0 aromatic heterocycles. The van der Waals surface area contributed by atoms with Crippen LogP contribution in [0.5, 0.6) is 5.75 Å². The van der Waals surface area contributed by atoms with Gasteiger partial charge in [-0.05, 0) is 23.3 Å². The first kappa shape index (κ1) is 15.9. The molecule has 0 N–H and O–H groups in total. The lowest BCUT2D eigenvalue weighted by molar-refractivity contribution is 0.110. The minimum Gasteiger partial charge on any atom is -0.497 e. The van der Waals surface area contributed by atoms with E-state index in [9.17, 15) is 4.79 Å². The molecule has 0 radical (unpaired) electrons. The minimum atomic E-state index is -0.257. The van der Waals surface area contributed by atoms with Gasteiger partial charge in [0.2, 0.25) is 0 Å². The van der Waals surface area contributed by atoms with E-state index in [1.54, 1.807) is 20.3 Å². The van der Waals surface area contributed by atoms with Crippen molar-refractivity contribution in [3.63, 3.8) is 0 Å². The van der Waals surface area contributed by atoms with Crippen molar-refractivity contribution in [2.45, 2.75) is 13.5 Å². The SMILES string of the molecule is C.COc1ccc(C(OC)c2ccccc2C=O)cc1. The number of hydrogen-bond donors (Lipinski definition) is 0. The standard InChI is InChI=1S/C16H16O3.CH4/c1-18-14-9-7-12(8-10-14)16(19-2)15-6-4-3-5-13(15)11-17;/h3-11,16H,1-2H3;1H4. The Bertz CT molecular complexity index is 546. The van der Waals surface area contributed by atoms with Crippen LogP contribution in [0.1, 0.15) is 35.0 Å². The Morgan fingerprint density at radius 1 is 1.00 bits per heavy atom. The molecule has 2 aromatic rings. The number of ether oxygens (including phenoxy) is 2. The summed E-state index contributed by atoms with van der Waals surface area (Å²) in [5.74, 6) is 0.794. The molecular formula is C17H20O3. The van der Waals surface area contributed by atoms with Crippen LogP contribution >= 0.6 is 0 Å². The lowest BCUT2D eigenvalue weighted by Crippen LogP contribution is -2.06. The number of methoxy groups -OCH3 is 2. The Labute approximate surface area is 120 Å². The summed E-state index contributed by atoms with van der Waals surface area (Å²) in [4.78, 5) is 11.1. The molecule has 0 amide bonds. The molecule has 0 saturated heterocycles. The van der Waals surface area contributed by atoms with Crippen molar-refractivity contribution in [3.05, 3.63) is 65.2 Å². The van der Waals surface area contributed by atoms with Crippen LogP contribution in [0, 0.1) is 0 Å². The number of rotatable bonds is 5. The molecule has 0 aliphatic carbocycles. The molecule has 20 heavy (non-hydrogen) atoms. The average molecular weight is 272 g/mol. The third kappa shape index (κ3) is 3.25. The second kappa shape index (κ2) is 7.46. The Morgan fingerprint density at radius 3 is 2.20 bits per heavy atom. The van der Waals surface area contributed by atoms with Crippen LogP contribution < -0.4 is 4.74 Å². The predicted octanol–water partition coefficient (Wildman–Crippen LogP) is 3.88. The molecule has 106 valence electrons. The molecular weight excluding hydrogens is 252 g/mol. The first-order chi connectivity index (χ1) is 9.30. The van der Waals surface area contributed by atoms with Gasteiger partial charge in [0, 0.05) is 12.7 Å². The molecule has 0 bridgehead atoms. The van der Waals surface area contributed by atoms with Crippen molar-refractivity contribution in [2.75, 3.05) is 14.2 Å². The first-order valence-electron chi connectivity index (χ1n) is 6.01. The fourth-order valence-corrected chi connectivity index (χ4v) is 2.08. The highest BCUT2D eigenvalue weighted by Crippen LogP contribution is 2.28. The molecule has 0 saturated carbocycles. The number of carbonyl (C=O) groups excluding carboxylic acids is 1. The van der Waals surface area contributed by atoms with Gasteiger partial charge in [0.05, 0.1) is 7.11 Å². The van der Waals surface area contributed by atoms with E-state index in [2.05, 4.69) is 0 Å². The van der Waals surface area contributed by atoms with Crippen LogP contribution in [0.2, 0.25) is 0 Å². The number of aldehydes is 1. The first-order valence-corrected chi connectivity index (χ1v) is 6.01. The van der Waals surface area contributed by atoms with Crippen LogP contribution in [0.25, 0.3) is 0 Å². The van der Waals surface area contributed by atoms with Gasteiger partial charge in [-0.1, -0.05) is 43.8 Å². The average Bonchev–Trinajstić information content (AvgIpc) is 2.49. The normalized spacial score (nSPS) is 11.3. The van der Waals surface area contributed by atoms with Gasteiger partial charge >= 0.3 is 0 Å². The van der Waals surface area contributed by atoms with Crippen LogP contribution in [-0.2, 0) is 4.74 Å². The van der Waals surface area contributed by atoms with Crippen molar-refractivity contribution in [1.29, 1.82) is 0 Å². The molecule has 3 heteroatoms. The van der Waals surface area contributed by atoms with E-state index >= 15 is 0 Å². The van der Waals surface area contributed by atoms with Gasteiger partial charge in [-0.25, -0.2) is 0 Å². The van der Waals surface area contributed by atoms with Gasteiger partial charge in [0.25, 0.3) is 0 Å². The summed E-state index contributed by atoms with van der Waals surface area (Å²) >= 11 is 0. The summed E-state index contributed by atoms with van der Waals surface area (Å²) in [7, 11) is 3.26. The lowest BCUT2D eigenvalue weighted by atomic mass is 9.97. The zero-order valence-corrected chi connectivity index (χ0v) is 11.0. The quantitative estimate of drug-likeness (QED) is 0.775. The van der Waals surface area contributed by atoms with Crippen molar-refractivity contribution in [3.8, 4) is 5.75 Å². The summed E-state index contributed by atoms with van der Waals surface area (Å²) in [5, 5.41) is 0. The van der Waals surface area contributed by atoms with E-state index in [1.807, 2.05) is 42.5 Å². The summed E-state index contributed by atoms with van der Waals surface area (Å²) < 4.78 is 10.7. The molecule has 0 aliphatic rings. The van der Waals surface area contributed by atoms with E-state index in [0.717, 1.165) is 23.2 Å². The van der Waals surface area contributed by atoms with E-state index in [4.69, 9.17) is 9.47 Å². The molecule has 2 aromatic carbocycles. The molecule has 0 aliphatic heterocycles. The molecule has 0 heterocycles. The number of carbonyl (C=O) groups is 1. The zero-order chi connectivity index (χ0) is 13.7. The van der Waals surface area contributed by atoms with Crippen LogP contribution in [0.4, 0.5) is 0 Å². The van der Waals surface area contributed by atoms with Crippen LogP contribution in [0.3, 0.4) is 0 Å². The minimum absolute atomic E-state index is 0. The highest BCUT2D eigenvalue weighted by atomic mass is 16.5. The number of benzene rings is 2. The van der Waals surface area contributed by atoms with Crippen molar-refractivity contribution >= 4 is 6.29 Å². The van der Waals surface area contributed by atoms with Crippen molar-refractivity contribution < 1.29 is 14.3 Å². The number of hydrogen-bond acceptors (Lipinski definition) is 3. The second-order valence-corrected chi connectivity index (χ2v) is 4.14. The largest absolute Gasteiger partial charge is 0.497 e. The van der Waals surface area contributed by atoms with E-state index in [1.165, 1.54) is 0 Å². The van der Waals surface area contributed by atoms with E-state index < -0.39 is 0 Å². The van der Waals surface area contributed by atoms with Crippen LogP contribution in [0.15, 0.2) is 48.5 Å². The predicted molar refractivity (Wildman–Crippen MR) is 80.4 cm³/mol. The third-order valence-corrected chi connectivity index (χ3v) is 3.06. The fourth-order valence-electron chi connectivity index (χ4n) is 2.08. The highest BCUT2D eigenvalue weighted by Gasteiger charge is 2.16. The summed E-state index contributed by atoms with van der Waals surface area (Å²) in [6, 6.07) is 15.1.